The fourth-order valence-electron chi connectivity index (χ4n) is 1.50. The average molecular weight is 254 g/mol. The van der Waals surface area contributed by atoms with Crippen molar-refractivity contribution in [3.63, 3.8) is 0 Å². The number of amides is 1. The Morgan fingerprint density at radius 3 is 3.00 bits per heavy atom. The second-order valence-corrected chi connectivity index (χ2v) is 3.88. The molecular formula is C11H12ClN3O2. The lowest BCUT2D eigenvalue weighted by Crippen LogP contribution is -2.28. The van der Waals surface area contributed by atoms with Crippen LogP contribution < -0.4 is 5.32 Å². The Hall–Kier alpha value is -1.75. The van der Waals surface area contributed by atoms with Gasteiger partial charge in [0.05, 0.1) is 6.04 Å². The molecule has 0 aliphatic carbocycles. The van der Waals surface area contributed by atoms with Crippen molar-refractivity contribution in [2.45, 2.75) is 19.4 Å². The van der Waals surface area contributed by atoms with E-state index in [2.05, 4.69) is 15.3 Å². The number of imidazole rings is 1. The van der Waals surface area contributed by atoms with Crippen molar-refractivity contribution in [2.75, 3.05) is 0 Å². The minimum Gasteiger partial charge on any atom is -0.440 e. The molecule has 0 aliphatic heterocycles. The summed E-state index contributed by atoms with van der Waals surface area (Å²) in [5.74, 6) is 0.610. The maximum Gasteiger partial charge on any atom is 0.287 e. The van der Waals surface area contributed by atoms with Crippen molar-refractivity contribution in [1.82, 2.24) is 15.3 Å². The molecule has 6 heteroatoms. The lowest BCUT2D eigenvalue weighted by atomic mass is 10.2. The number of hydrogen-bond acceptors (Lipinski definition) is 3. The Morgan fingerprint density at radius 2 is 2.47 bits per heavy atom. The van der Waals surface area contributed by atoms with Gasteiger partial charge in [-0.15, -0.1) is 0 Å². The Labute approximate surface area is 103 Å². The average Bonchev–Trinajstić information content (AvgIpc) is 2.96. The van der Waals surface area contributed by atoms with Crippen molar-refractivity contribution in [3.05, 3.63) is 41.3 Å². The van der Waals surface area contributed by atoms with Gasteiger partial charge < -0.3 is 14.7 Å². The highest BCUT2D eigenvalue weighted by atomic mass is 35.5. The fourth-order valence-corrected chi connectivity index (χ4v) is 1.64. The molecule has 2 aromatic rings. The van der Waals surface area contributed by atoms with E-state index in [1.807, 2.05) is 6.92 Å². The van der Waals surface area contributed by atoms with Gasteiger partial charge in [-0.2, -0.15) is 0 Å². The molecule has 0 aromatic carbocycles. The van der Waals surface area contributed by atoms with Crippen molar-refractivity contribution in [3.8, 4) is 0 Å². The number of aromatic amines is 1. The third kappa shape index (κ3) is 2.68. The lowest BCUT2D eigenvalue weighted by Gasteiger charge is -2.13. The Balaban J connectivity index is 2.07. The summed E-state index contributed by atoms with van der Waals surface area (Å²) in [7, 11) is 0. The lowest BCUT2D eigenvalue weighted by molar-refractivity contribution is 0.0906. The first kappa shape index (κ1) is 11.7. The maximum atomic E-state index is 11.8. The SMILES string of the molecule is CCC(NC(=O)c1ccc(Cl)o1)c1ncc[nH]1. The van der Waals surface area contributed by atoms with Crippen molar-refractivity contribution < 1.29 is 9.21 Å². The molecule has 1 unspecified atom stereocenters. The third-order valence-electron chi connectivity index (χ3n) is 2.36. The highest BCUT2D eigenvalue weighted by Crippen LogP contribution is 2.16. The largest absolute Gasteiger partial charge is 0.440 e. The van der Waals surface area contributed by atoms with E-state index in [0.717, 1.165) is 12.2 Å². The van der Waals surface area contributed by atoms with Gasteiger partial charge in [0.1, 0.15) is 5.82 Å². The van der Waals surface area contributed by atoms with Crippen LogP contribution >= 0.6 is 11.6 Å². The highest BCUT2D eigenvalue weighted by molar-refractivity contribution is 6.29. The third-order valence-corrected chi connectivity index (χ3v) is 2.56. The second kappa shape index (κ2) is 5.05. The fraction of sp³-hybridized carbons (Fsp3) is 0.273. The number of hydrogen-bond donors (Lipinski definition) is 2. The van der Waals surface area contributed by atoms with Gasteiger partial charge in [-0.25, -0.2) is 4.98 Å². The summed E-state index contributed by atoms with van der Waals surface area (Å²) in [6, 6.07) is 2.90. The van der Waals surface area contributed by atoms with E-state index in [1.165, 1.54) is 12.1 Å². The van der Waals surface area contributed by atoms with Crippen LogP contribution in [0.1, 0.15) is 35.8 Å². The molecular weight excluding hydrogens is 242 g/mol. The molecule has 0 aliphatic rings. The van der Waals surface area contributed by atoms with Gasteiger partial charge in [0.2, 0.25) is 0 Å². The number of H-pyrrole nitrogens is 1. The second-order valence-electron chi connectivity index (χ2n) is 3.51. The van der Waals surface area contributed by atoms with E-state index < -0.39 is 0 Å². The van der Waals surface area contributed by atoms with Gasteiger partial charge in [-0.3, -0.25) is 4.79 Å². The van der Waals surface area contributed by atoms with Crippen LogP contribution in [-0.4, -0.2) is 15.9 Å². The van der Waals surface area contributed by atoms with E-state index in [4.69, 9.17) is 16.0 Å². The number of aromatic nitrogens is 2. The van der Waals surface area contributed by atoms with E-state index in [9.17, 15) is 4.79 Å². The van der Waals surface area contributed by atoms with Crippen LogP contribution in [0.5, 0.6) is 0 Å². The normalized spacial score (nSPS) is 12.4. The summed E-state index contributed by atoms with van der Waals surface area (Å²) >= 11 is 5.61. The molecule has 2 rings (SSSR count). The number of halogens is 1. The van der Waals surface area contributed by atoms with Gasteiger partial charge >= 0.3 is 0 Å². The standard InChI is InChI=1S/C11H12ClN3O2/c1-2-7(10-13-5-6-14-10)15-11(16)8-3-4-9(12)17-8/h3-7H,2H2,1H3,(H,13,14)(H,15,16). The van der Waals surface area contributed by atoms with Crippen molar-refractivity contribution in [2.24, 2.45) is 0 Å². The minimum absolute atomic E-state index is 0.165. The van der Waals surface area contributed by atoms with Gasteiger partial charge in [0, 0.05) is 12.4 Å². The van der Waals surface area contributed by atoms with Crippen LogP contribution in [0.3, 0.4) is 0 Å². The van der Waals surface area contributed by atoms with E-state index in [0.29, 0.717) is 0 Å². The van der Waals surface area contributed by atoms with Gasteiger partial charge in [0.15, 0.2) is 11.0 Å². The Morgan fingerprint density at radius 1 is 1.65 bits per heavy atom. The predicted octanol–water partition coefficient (Wildman–Crippen LogP) is 2.54. The molecule has 0 saturated heterocycles. The first-order chi connectivity index (χ1) is 8.20. The zero-order chi connectivity index (χ0) is 12.3. The number of furan rings is 1. The topological polar surface area (TPSA) is 70.9 Å². The van der Waals surface area contributed by atoms with Crippen LogP contribution in [0.2, 0.25) is 5.22 Å². The van der Waals surface area contributed by atoms with Crippen molar-refractivity contribution in [1.29, 1.82) is 0 Å². The predicted molar refractivity (Wildman–Crippen MR) is 62.8 cm³/mol. The quantitative estimate of drug-likeness (QED) is 0.880. The molecule has 17 heavy (non-hydrogen) atoms. The van der Waals surface area contributed by atoms with Crippen molar-refractivity contribution >= 4 is 17.5 Å². The zero-order valence-electron chi connectivity index (χ0n) is 9.24. The number of nitrogens with one attached hydrogen (secondary N) is 2. The van der Waals surface area contributed by atoms with Crippen LogP contribution in [0.15, 0.2) is 28.9 Å². The molecule has 1 amide bonds. The number of rotatable bonds is 4. The van der Waals surface area contributed by atoms with E-state index in [-0.39, 0.29) is 22.9 Å². The van der Waals surface area contributed by atoms with Gasteiger partial charge in [0.25, 0.3) is 5.91 Å². The smallest absolute Gasteiger partial charge is 0.287 e. The molecule has 5 nitrogen and oxygen atoms in total. The molecule has 2 N–H and O–H groups in total. The molecule has 0 spiro atoms. The monoisotopic (exact) mass is 253 g/mol. The summed E-state index contributed by atoms with van der Waals surface area (Å²) in [6.07, 6.45) is 4.09. The summed E-state index contributed by atoms with van der Waals surface area (Å²) in [5, 5.41) is 3.01. The summed E-state index contributed by atoms with van der Waals surface area (Å²) in [4.78, 5) is 18.9. The van der Waals surface area contributed by atoms with Crippen LogP contribution in [-0.2, 0) is 0 Å². The number of carbonyl (C=O) groups is 1. The highest BCUT2D eigenvalue weighted by Gasteiger charge is 2.17. The summed E-state index contributed by atoms with van der Waals surface area (Å²) in [6.45, 7) is 1.96. The van der Waals surface area contributed by atoms with Gasteiger partial charge in [-0.05, 0) is 30.2 Å². The number of nitrogens with zero attached hydrogens (tertiary/aromatic N) is 1. The first-order valence-corrected chi connectivity index (χ1v) is 5.64. The molecule has 90 valence electrons. The Kier molecular flexibility index (Phi) is 3.49. The zero-order valence-corrected chi connectivity index (χ0v) is 9.99. The molecule has 0 bridgehead atoms. The molecule has 0 fully saturated rings. The van der Waals surface area contributed by atoms with Crippen LogP contribution in [0, 0.1) is 0 Å². The summed E-state index contributed by atoms with van der Waals surface area (Å²) in [5.41, 5.74) is 0. The van der Waals surface area contributed by atoms with Gasteiger partial charge in [-0.1, -0.05) is 6.92 Å². The number of carbonyl (C=O) groups excluding carboxylic acids is 1. The molecule has 2 aromatic heterocycles. The van der Waals surface area contributed by atoms with E-state index in [1.54, 1.807) is 12.4 Å². The van der Waals surface area contributed by atoms with E-state index >= 15 is 0 Å². The molecule has 1 atom stereocenters. The minimum atomic E-state index is -0.305. The van der Waals surface area contributed by atoms with Crippen LogP contribution in [0.4, 0.5) is 0 Å². The molecule has 0 radical (unpaired) electrons. The molecule has 2 heterocycles. The summed E-state index contributed by atoms with van der Waals surface area (Å²) < 4.78 is 5.03. The first-order valence-electron chi connectivity index (χ1n) is 5.26. The molecule has 0 saturated carbocycles. The maximum absolute atomic E-state index is 11.8. The Bertz CT molecular complexity index is 493. The van der Waals surface area contributed by atoms with Crippen LogP contribution in [0.25, 0.3) is 0 Å².